The Morgan fingerprint density at radius 3 is 2.60 bits per heavy atom. The standard InChI is InChI=1S/C18H25ClN2O4/c1-4-25-18(23)13-7-9-21(10-8-13)17(22)12(2)20-14-5-6-16(24-3)15(19)11-14/h5-6,11-13,20H,4,7-10H2,1-3H3/t12-/m1/s1. The van der Waals surface area contributed by atoms with Crippen molar-refractivity contribution in [3.05, 3.63) is 23.2 Å². The number of carbonyl (C=O) groups is 2. The quantitative estimate of drug-likeness (QED) is 0.782. The van der Waals surface area contributed by atoms with Crippen LogP contribution in [0.4, 0.5) is 5.69 Å². The maximum Gasteiger partial charge on any atom is 0.309 e. The van der Waals surface area contributed by atoms with Crippen molar-refractivity contribution in [3.8, 4) is 5.75 Å². The number of nitrogens with one attached hydrogen (secondary N) is 1. The number of esters is 1. The van der Waals surface area contributed by atoms with E-state index in [-0.39, 0.29) is 23.8 Å². The van der Waals surface area contributed by atoms with Gasteiger partial charge in [0.1, 0.15) is 11.8 Å². The summed E-state index contributed by atoms with van der Waals surface area (Å²) >= 11 is 6.11. The fourth-order valence-corrected chi connectivity index (χ4v) is 3.20. The molecule has 7 heteroatoms. The van der Waals surface area contributed by atoms with Gasteiger partial charge >= 0.3 is 5.97 Å². The molecule has 1 aliphatic rings. The second-order valence-corrected chi connectivity index (χ2v) is 6.47. The Bertz CT molecular complexity index is 615. The van der Waals surface area contributed by atoms with E-state index in [1.54, 1.807) is 31.1 Å². The minimum absolute atomic E-state index is 0.00856. The molecule has 1 fully saturated rings. The Kier molecular flexibility index (Phi) is 6.93. The lowest BCUT2D eigenvalue weighted by atomic mass is 9.96. The molecule has 0 aromatic heterocycles. The van der Waals surface area contributed by atoms with E-state index in [4.69, 9.17) is 21.1 Å². The van der Waals surface area contributed by atoms with E-state index in [1.165, 1.54) is 0 Å². The highest BCUT2D eigenvalue weighted by atomic mass is 35.5. The average molecular weight is 369 g/mol. The molecule has 138 valence electrons. The van der Waals surface area contributed by atoms with E-state index in [0.29, 0.717) is 43.3 Å². The lowest BCUT2D eigenvalue weighted by Crippen LogP contribution is -2.46. The van der Waals surface area contributed by atoms with Crippen LogP contribution in [-0.4, -0.2) is 49.6 Å². The van der Waals surface area contributed by atoms with Crippen LogP contribution >= 0.6 is 11.6 Å². The van der Waals surface area contributed by atoms with Crippen molar-refractivity contribution in [1.29, 1.82) is 0 Å². The van der Waals surface area contributed by atoms with E-state index < -0.39 is 0 Å². The number of benzene rings is 1. The summed E-state index contributed by atoms with van der Waals surface area (Å²) in [4.78, 5) is 26.2. The Balaban J connectivity index is 1.88. The summed E-state index contributed by atoms with van der Waals surface area (Å²) in [5, 5.41) is 3.65. The van der Waals surface area contributed by atoms with Gasteiger partial charge in [0, 0.05) is 18.8 Å². The van der Waals surface area contributed by atoms with Gasteiger partial charge in [0.15, 0.2) is 0 Å². The van der Waals surface area contributed by atoms with Gasteiger partial charge in [-0.15, -0.1) is 0 Å². The Morgan fingerprint density at radius 1 is 1.36 bits per heavy atom. The molecule has 0 unspecified atom stereocenters. The van der Waals surface area contributed by atoms with Crippen LogP contribution in [0.2, 0.25) is 5.02 Å². The number of carbonyl (C=O) groups excluding carboxylic acids is 2. The van der Waals surface area contributed by atoms with Crippen LogP contribution in [0.15, 0.2) is 18.2 Å². The van der Waals surface area contributed by atoms with E-state index >= 15 is 0 Å². The van der Waals surface area contributed by atoms with Crippen LogP contribution in [-0.2, 0) is 14.3 Å². The molecule has 0 saturated carbocycles. The minimum Gasteiger partial charge on any atom is -0.495 e. The van der Waals surface area contributed by atoms with Gasteiger partial charge < -0.3 is 19.7 Å². The Hall–Kier alpha value is -1.95. The molecule has 1 saturated heterocycles. The fourth-order valence-electron chi connectivity index (χ4n) is 2.94. The van der Waals surface area contributed by atoms with Crippen LogP contribution < -0.4 is 10.1 Å². The Morgan fingerprint density at radius 2 is 2.04 bits per heavy atom. The van der Waals surface area contributed by atoms with Crippen LogP contribution in [0, 0.1) is 5.92 Å². The van der Waals surface area contributed by atoms with Crippen molar-refractivity contribution in [3.63, 3.8) is 0 Å². The van der Waals surface area contributed by atoms with Crippen molar-refractivity contribution in [2.45, 2.75) is 32.7 Å². The fraction of sp³-hybridized carbons (Fsp3) is 0.556. The van der Waals surface area contributed by atoms with Crippen molar-refractivity contribution >= 4 is 29.2 Å². The van der Waals surface area contributed by atoms with Crippen molar-refractivity contribution < 1.29 is 19.1 Å². The molecule has 2 rings (SSSR count). The van der Waals surface area contributed by atoms with Gasteiger partial charge in [-0.2, -0.15) is 0 Å². The lowest BCUT2D eigenvalue weighted by molar-refractivity contribution is -0.151. The highest BCUT2D eigenvalue weighted by Crippen LogP contribution is 2.27. The predicted octanol–water partition coefficient (Wildman–Crippen LogP) is 2.95. The second-order valence-electron chi connectivity index (χ2n) is 6.07. The summed E-state index contributed by atoms with van der Waals surface area (Å²) < 4.78 is 10.2. The molecular formula is C18H25ClN2O4. The van der Waals surface area contributed by atoms with Crippen molar-refractivity contribution in [1.82, 2.24) is 4.90 Å². The maximum absolute atomic E-state index is 12.6. The number of rotatable bonds is 6. The second kappa shape index (κ2) is 8.94. The molecule has 25 heavy (non-hydrogen) atoms. The molecule has 1 atom stereocenters. The SMILES string of the molecule is CCOC(=O)C1CCN(C(=O)[C@@H](C)Nc2ccc(OC)c(Cl)c2)CC1. The average Bonchev–Trinajstić information content (AvgIpc) is 2.61. The van der Waals surface area contributed by atoms with Crippen LogP contribution in [0.3, 0.4) is 0 Å². The first-order valence-corrected chi connectivity index (χ1v) is 8.89. The molecular weight excluding hydrogens is 344 g/mol. The van der Waals surface area contributed by atoms with Gasteiger partial charge in [0.05, 0.1) is 24.7 Å². The number of ether oxygens (including phenoxy) is 2. The number of nitrogens with zero attached hydrogens (tertiary/aromatic N) is 1. The number of amides is 1. The smallest absolute Gasteiger partial charge is 0.309 e. The first kappa shape index (κ1) is 19.4. The molecule has 1 aliphatic heterocycles. The van der Waals surface area contributed by atoms with Gasteiger partial charge in [-0.1, -0.05) is 11.6 Å². The largest absolute Gasteiger partial charge is 0.495 e. The molecule has 0 radical (unpaired) electrons. The molecule has 6 nitrogen and oxygen atoms in total. The monoisotopic (exact) mass is 368 g/mol. The first-order valence-electron chi connectivity index (χ1n) is 8.51. The third kappa shape index (κ3) is 5.01. The topological polar surface area (TPSA) is 67.9 Å². The van der Waals surface area contributed by atoms with Gasteiger partial charge in [-0.25, -0.2) is 0 Å². The zero-order chi connectivity index (χ0) is 18.4. The highest BCUT2D eigenvalue weighted by molar-refractivity contribution is 6.32. The number of hydrogen-bond donors (Lipinski definition) is 1. The van der Waals surface area contributed by atoms with Crippen LogP contribution in [0.25, 0.3) is 0 Å². The number of hydrogen-bond acceptors (Lipinski definition) is 5. The number of methoxy groups -OCH3 is 1. The minimum atomic E-state index is -0.386. The molecule has 0 bridgehead atoms. The summed E-state index contributed by atoms with van der Waals surface area (Å²) in [5.41, 5.74) is 0.757. The molecule has 0 aliphatic carbocycles. The molecule has 1 amide bonds. The normalized spacial score (nSPS) is 16.2. The zero-order valence-corrected chi connectivity index (χ0v) is 15.6. The van der Waals surface area contributed by atoms with E-state index in [2.05, 4.69) is 5.32 Å². The van der Waals surface area contributed by atoms with Crippen molar-refractivity contribution in [2.24, 2.45) is 5.92 Å². The number of likely N-dealkylation sites (tertiary alicyclic amines) is 1. The molecule has 0 spiro atoms. The number of halogens is 1. The summed E-state index contributed by atoms with van der Waals surface area (Å²) in [7, 11) is 1.56. The van der Waals surface area contributed by atoms with E-state index in [9.17, 15) is 9.59 Å². The van der Waals surface area contributed by atoms with Gasteiger partial charge in [0.2, 0.25) is 5.91 Å². The predicted molar refractivity (Wildman–Crippen MR) is 97.0 cm³/mol. The Labute approximate surface area is 153 Å². The third-order valence-corrected chi connectivity index (χ3v) is 4.63. The zero-order valence-electron chi connectivity index (χ0n) is 14.9. The summed E-state index contributed by atoms with van der Waals surface area (Å²) in [5.74, 6) is 0.336. The van der Waals surface area contributed by atoms with Gasteiger partial charge in [0.25, 0.3) is 0 Å². The molecule has 1 aromatic rings. The molecule has 1 aromatic carbocycles. The highest BCUT2D eigenvalue weighted by Gasteiger charge is 2.30. The molecule has 1 N–H and O–H groups in total. The molecule has 1 heterocycles. The summed E-state index contributed by atoms with van der Waals surface area (Å²) in [6.45, 7) is 5.14. The summed E-state index contributed by atoms with van der Waals surface area (Å²) in [6.07, 6.45) is 1.29. The van der Waals surface area contributed by atoms with Crippen molar-refractivity contribution in [2.75, 3.05) is 32.1 Å². The maximum atomic E-state index is 12.6. The van der Waals surface area contributed by atoms with E-state index in [0.717, 1.165) is 5.69 Å². The van der Waals surface area contributed by atoms with Crippen LogP contribution in [0.5, 0.6) is 5.75 Å². The summed E-state index contributed by atoms with van der Waals surface area (Å²) in [6, 6.07) is 4.93. The number of piperidine rings is 1. The van der Waals surface area contributed by atoms with E-state index in [1.807, 2.05) is 13.0 Å². The lowest BCUT2D eigenvalue weighted by Gasteiger charge is -2.33. The van der Waals surface area contributed by atoms with Gasteiger partial charge in [-0.3, -0.25) is 9.59 Å². The van der Waals surface area contributed by atoms with Gasteiger partial charge in [-0.05, 0) is 44.9 Å². The third-order valence-electron chi connectivity index (χ3n) is 4.33. The van der Waals surface area contributed by atoms with Crippen LogP contribution in [0.1, 0.15) is 26.7 Å². The first-order chi connectivity index (χ1) is 12.0. The number of anilines is 1.